The standard InChI is InChI=1S/C13H19F2N3O3/c14-13(15)21-11-1-2-12(17-8-11)16-7-10(19)9-18-3-5-20-6-4-18/h1-2,8,10,13,19H,3-7,9H2,(H,16,17). The van der Waals surface area contributed by atoms with Gasteiger partial charge in [-0.15, -0.1) is 0 Å². The highest BCUT2D eigenvalue weighted by Gasteiger charge is 2.14. The Hall–Kier alpha value is -1.51. The second-order valence-corrected chi connectivity index (χ2v) is 4.71. The van der Waals surface area contributed by atoms with Crippen LogP contribution in [-0.2, 0) is 4.74 Å². The Kier molecular flexibility index (Phi) is 6.09. The second-order valence-electron chi connectivity index (χ2n) is 4.71. The van der Waals surface area contributed by atoms with E-state index < -0.39 is 12.7 Å². The number of aliphatic hydroxyl groups excluding tert-OH is 1. The number of pyridine rings is 1. The van der Waals surface area contributed by atoms with E-state index in [9.17, 15) is 13.9 Å². The van der Waals surface area contributed by atoms with E-state index in [0.717, 1.165) is 13.1 Å². The maximum atomic E-state index is 12.0. The number of alkyl halides is 2. The normalized spacial score (nSPS) is 17.7. The summed E-state index contributed by atoms with van der Waals surface area (Å²) in [7, 11) is 0. The molecule has 0 aromatic carbocycles. The Balaban J connectivity index is 1.71. The maximum Gasteiger partial charge on any atom is 0.387 e. The van der Waals surface area contributed by atoms with Crippen molar-refractivity contribution in [3.63, 3.8) is 0 Å². The van der Waals surface area contributed by atoms with E-state index >= 15 is 0 Å². The van der Waals surface area contributed by atoms with Crippen molar-refractivity contribution in [2.24, 2.45) is 0 Å². The fraction of sp³-hybridized carbons (Fsp3) is 0.615. The summed E-state index contributed by atoms with van der Waals surface area (Å²) < 4.78 is 33.4. The molecular weight excluding hydrogens is 284 g/mol. The van der Waals surface area contributed by atoms with Crippen LogP contribution in [0.5, 0.6) is 5.75 Å². The van der Waals surface area contributed by atoms with E-state index in [2.05, 4.69) is 19.9 Å². The Morgan fingerprint density at radius 1 is 1.38 bits per heavy atom. The van der Waals surface area contributed by atoms with Crippen LogP contribution in [0.3, 0.4) is 0 Å². The van der Waals surface area contributed by atoms with Crippen molar-refractivity contribution >= 4 is 5.82 Å². The van der Waals surface area contributed by atoms with Crippen molar-refractivity contribution in [3.8, 4) is 5.75 Å². The smallest absolute Gasteiger partial charge is 0.387 e. The monoisotopic (exact) mass is 303 g/mol. The molecule has 0 saturated carbocycles. The third-order valence-corrected chi connectivity index (χ3v) is 3.05. The average Bonchev–Trinajstić information content (AvgIpc) is 2.47. The number of aliphatic hydroxyl groups is 1. The van der Waals surface area contributed by atoms with E-state index in [-0.39, 0.29) is 5.75 Å². The maximum absolute atomic E-state index is 12.0. The molecule has 1 fully saturated rings. The molecule has 1 saturated heterocycles. The second kappa shape index (κ2) is 8.06. The fourth-order valence-electron chi connectivity index (χ4n) is 2.03. The molecule has 0 aliphatic carbocycles. The first-order valence-corrected chi connectivity index (χ1v) is 6.76. The molecule has 2 N–H and O–H groups in total. The van der Waals surface area contributed by atoms with E-state index in [4.69, 9.17) is 4.74 Å². The number of hydrogen-bond donors (Lipinski definition) is 2. The number of anilines is 1. The zero-order chi connectivity index (χ0) is 15.1. The highest BCUT2D eigenvalue weighted by molar-refractivity contribution is 5.37. The van der Waals surface area contributed by atoms with Crippen molar-refractivity contribution in [3.05, 3.63) is 18.3 Å². The minimum absolute atomic E-state index is 0.00409. The van der Waals surface area contributed by atoms with Crippen LogP contribution in [0.25, 0.3) is 0 Å². The molecule has 0 spiro atoms. The molecule has 1 aliphatic rings. The molecule has 1 aromatic rings. The largest absolute Gasteiger partial charge is 0.433 e. The van der Waals surface area contributed by atoms with Gasteiger partial charge in [0.25, 0.3) is 0 Å². The van der Waals surface area contributed by atoms with Gasteiger partial charge in [0.05, 0.1) is 25.5 Å². The van der Waals surface area contributed by atoms with Gasteiger partial charge in [-0.3, -0.25) is 4.90 Å². The minimum atomic E-state index is -2.86. The molecule has 2 rings (SSSR count). The summed E-state index contributed by atoms with van der Waals surface area (Å²) in [5.41, 5.74) is 0. The van der Waals surface area contributed by atoms with Crippen molar-refractivity contribution in [2.45, 2.75) is 12.7 Å². The van der Waals surface area contributed by atoms with E-state index in [0.29, 0.717) is 32.1 Å². The van der Waals surface area contributed by atoms with Crippen LogP contribution in [0.1, 0.15) is 0 Å². The number of nitrogens with one attached hydrogen (secondary N) is 1. The third-order valence-electron chi connectivity index (χ3n) is 3.05. The Morgan fingerprint density at radius 3 is 2.76 bits per heavy atom. The molecule has 0 amide bonds. The number of morpholine rings is 1. The Labute approximate surface area is 121 Å². The van der Waals surface area contributed by atoms with Gasteiger partial charge in [-0.05, 0) is 12.1 Å². The predicted octanol–water partition coefficient (Wildman–Crippen LogP) is 0.788. The van der Waals surface area contributed by atoms with E-state index in [1.54, 1.807) is 0 Å². The van der Waals surface area contributed by atoms with Gasteiger partial charge in [0.2, 0.25) is 0 Å². The van der Waals surface area contributed by atoms with Gasteiger partial charge < -0.3 is 19.9 Å². The quantitative estimate of drug-likeness (QED) is 0.776. The van der Waals surface area contributed by atoms with Gasteiger partial charge in [0.1, 0.15) is 11.6 Å². The minimum Gasteiger partial charge on any atom is -0.433 e. The average molecular weight is 303 g/mol. The molecule has 0 radical (unpaired) electrons. The summed E-state index contributed by atoms with van der Waals surface area (Å²) in [5, 5.41) is 12.9. The molecular formula is C13H19F2N3O3. The summed E-state index contributed by atoms with van der Waals surface area (Å²) in [4.78, 5) is 6.06. The van der Waals surface area contributed by atoms with Crippen LogP contribution in [0, 0.1) is 0 Å². The lowest BCUT2D eigenvalue weighted by Gasteiger charge is -2.28. The lowest BCUT2D eigenvalue weighted by atomic mass is 10.3. The lowest BCUT2D eigenvalue weighted by molar-refractivity contribution is -0.0500. The number of ether oxygens (including phenoxy) is 2. The van der Waals surface area contributed by atoms with Gasteiger partial charge in [-0.2, -0.15) is 8.78 Å². The van der Waals surface area contributed by atoms with Gasteiger partial charge in [0, 0.05) is 26.2 Å². The van der Waals surface area contributed by atoms with Crippen LogP contribution in [0.2, 0.25) is 0 Å². The summed E-state index contributed by atoms with van der Waals surface area (Å²) in [6, 6.07) is 2.93. The van der Waals surface area contributed by atoms with E-state index in [1.807, 2.05) is 0 Å². The van der Waals surface area contributed by atoms with Gasteiger partial charge in [0.15, 0.2) is 0 Å². The number of rotatable bonds is 7. The molecule has 1 aliphatic heterocycles. The highest BCUT2D eigenvalue weighted by atomic mass is 19.3. The molecule has 118 valence electrons. The van der Waals surface area contributed by atoms with Crippen LogP contribution < -0.4 is 10.1 Å². The molecule has 6 nitrogen and oxygen atoms in total. The Bertz CT molecular complexity index is 414. The molecule has 0 bridgehead atoms. The van der Waals surface area contributed by atoms with Gasteiger partial charge in [-0.25, -0.2) is 4.98 Å². The van der Waals surface area contributed by atoms with Gasteiger partial charge in [-0.1, -0.05) is 0 Å². The van der Waals surface area contributed by atoms with E-state index in [1.165, 1.54) is 18.3 Å². The topological polar surface area (TPSA) is 66.8 Å². The van der Waals surface area contributed by atoms with Crippen molar-refractivity contribution in [2.75, 3.05) is 44.7 Å². The Morgan fingerprint density at radius 2 is 2.14 bits per heavy atom. The molecule has 1 atom stereocenters. The summed E-state index contributed by atoms with van der Waals surface area (Å²) >= 11 is 0. The lowest BCUT2D eigenvalue weighted by Crippen LogP contribution is -2.42. The predicted molar refractivity (Wildman–Crippen MR) is 72.6 cm³/mol. The van der Waals surface area contributed by atoms with Crippen molar-refractivity contribution in [1.82, 2.24) is 9.88 Å². The first-order chi connectivity index (χ1) is 10.1. The fourth-order valence-corrected chi connectivity index (χ4v) is 2.03. The zero-order valence-corrected chi connectivity index (χ0v) is 11.5. The van der Waals surface area contributed by atoms with Crippen molar-refractivity contribution < 1.29 is 23.4 Å². The zero-order valence-electron chi connectivity index (χ0n) is 11.5. The van der Waals surface area contributed by atoms with Gasteiger partial charge >= 0.3 is 6.61 Å². The SMILES string of the molecule is OC(CNc1ccc(OC(F)F)cn1)CN1CCOCC1. The summed E-state index contributed by atoms with van der Waals surface area (Å²) in [6.07, 6.45) is 0.671. The number of nitrogens with zero attached hydrogens (tertiary/aromatic N) is 2. The summed E-state index contributed by atoms with van der Waals surface area (Å²) in [6.45, 7) is 1.04. The molecule has 21 heavy (non-hydrogen) atoms. The highest BCUT2D eigenvalue weighted by Crippen LogP contribution is 2.14. The number of halogens is 2. The third kappa shape index (κ3) is 5.78. The number of β-amino-alcohol motifs (C(OH)–C–C–N with tert-alkyl or cyclic N) is 1. The molecule has 8 heteroatoms. The molecule has 2 heterocycles. The first-order valence-electron chi connectivity index (χ1n) is 6.76. The van der Waals surface area contributed by atoms with Crippen LogP contribution in [-0.4, -0.2) is 67.1 Å². The number of aromatic nitrogens is 1. The van der Waals surface area contributed by atoms with Crippen LogP contribution >= 0.6 is 0 Å². The number of hydrogen-bond acceptors (Lipinski definition) is 6. The van der Waals surface area contributed by atoms with Crippen LogP contribution in [0.4, 0.5) is 14.6 Å². The van der Waals surface area contributed by atoms with Crippen LogP contribution in [0.15, 0.2) is 18.3 Å². The summed E-state index contributed by atoms with van der Waals surface area (Å²) in [5.74, 6) is 0.502. The molecule has 1 unspecified atom stereocenters. The first kappa shape index (κ1) is 15.9. The van der Waals surface area contributed by atoms with Crippen molar-refractivity contribution in [1.29, 1.82) is 0 Å². The molecule has 1 aromatic heterocycles.